The number of rotatable bonds is 4. The molecule has 0 atom stereocenters. The number of aromatic nitrogens is 2. The minimum absolute atomic E-state index is 0.813. The Morgan fingerprint density at radius 2 is 1.60 bits per heavy atom. The van der Waals surface area contributed by atoms with Crippen molar-refractivity contribution in [2.75, 3.05) is 0 Å². The van der Waals surface area contributed by atoms with Crippen LogP contribution in [0.5, 0.6) is 0 Å². The number of aliphatic imine (C=N–C) groups is 1. The zero-order valence-electron chi connectivity index (χ0n) is 16.5. The van der Waals surface area contributed by atoms with Gasteiger partial charge in [-0.15, -0.1) is 0 Å². The van der Waals surface area contributed by atoms with Crippen molar-refractivity contribution in [3.8, 4) is 11.1 Å². The van der Waals surface area contributed by atoms with Crippen molar-refractivity contribution in [3.05, 3.63) is 127 Å². The molecule has 0 spiro atoms. The lowest BCUT2D eigenvalue weighted by Crippen LogP contribution is -2.05. The number of hydrogen-bond acceptors (Lipinski definition) is 2. The SMILES string of the molecule is C1=CC=C(C(=Nc2cc(-c3ccccc3)cc3ccnn23)c2ccccc2)CC=C1. The van der Waals surface area contributed by atoms with E-state index in [-0.39, 0.29) is 0 Å². The van der Waals surface area contributed by atoms with Crippen LogP contribution in [0.15, 0.2) is 126 Å². The van der Waals surface area contributed by atoms with Crippen molar-refractivity contribution in [2.45, 2.75) is 6.42 Å². The van der Waals surface area contributed by atoms with E-state index in [0.29, 0.717) is 0 Å². The predicted octanol–water partition coefficient (Wildman–Crippen LogP) is 6.56. The van der Waals surface area contributed by atoms with Crippen LogP contribution in [0, 0.1) is 0 Å². The maximum absolute atomic E-state index is 5.16. The third-order valence-corrected chi connectivity index (χ3v) is 5.16. The summed E-state index contributed by atoms with van der Waals surface area (Å²) >= 11 is 0. The van der Waals surface area contributed by atoms with Crippen molar-refractivity contribution in [2.24, 2.45) is 4.99 Å². The lowest BCUT2D eigenvalue weighted by Gasteiger charge is -2.12. The van der Waals surface area contributed by atoms with Crippen LogP contribution in [0.4, 0.5) is 5.82 Å². The van der Waals surface area contributed by atoms with Crippen LogP contribution in [-0.2, 0) is 0 Å². The van der Waals surface area contributed by atoms with Gasteiger partial charge in [-0.05, 0) is 41.3 Å². The van der Waals surface area contributed by atoms with Crippen LogP contribution < -0.4 is 0 Å². The van der Waals surface area contributed by atoms with Gasteiger partial charge in [0.2, 0.25) is 0 Å². The molecule has 0 aliphatic heterocycles. The zero-order chi connectivity index (χ0) is 20.2. The highest BCUT2D eigenvalue weighted by molar-refractivity contribution is 6.14. The zero-order valence-corrected chi connectivity index (χ0v) is 16.5. The summed E-state index contributed by atoms with van der Waals surface area (Å²) in [6.45, 7) is 0. The van der Waals surface area contributed by atoms with Crippen LogP contribution in [0.25, 0.3) is 16.6 Å². The highest BCUT2D eigenvalue weighted by Gasteiger charge is 2.12. The minimum Gasteiger partial charge on any atom is -0.228 e. The van der Waals surface area contributed by atoms with E-state index in [9.17, 15) is 0 Å². The van der Waals surface area contributed by atoms with Gasteiger partial charge >= 0.3 is 0 Å². The van der Waals surface area contributed by atoms with Crippen LogP contribution >= 0.6 is 0 Å². The first-order valence-electron chi connectivity index (χ1n) is 10.1. The average Bonchev–Trinajstić information content (AvgIpc) is 3.13. The number of benzene rings is 2. The van der Waals surface area contributed by atoms with Gasteiger partial charge in [-0.1, -0.05) is 91.0 Å². The van der Waals surface area contributed by atoms with Gasteiger partial charge in [-0.2, -0.15) is 5.10 Å². The largest absolute Gasteiger partial charge is 0.228 e. The van der Waals surface area contributed by atoms with E-state index in [1.54, 1.807) is 0 Å². The monoisotopic (exact) mass is 387 g/mol. The smallest absolute Gasteiger partial charge is 0.155 e. The van der Waals surface area contributed by atoms with Crippen LogP contribution in [0.2, 0.25) is 0 Å². The molecule has 2 aromatic heterocycles. The van der Waals surface area contributed by atoms with Crippen molar-refractivity contribution in [1.82, 2.24) is 9.61 Å². The molecule has 0 bridgehead atoms. The fourth-order valence-electron chi connectivity index (χ4n) is 3.68. The van der Waals surface area contributed by atoms with E-state index in [4.69, 9.17) is 4.99 Å². The molecule has 1 aliphatic rings. The van der Waals surface area contributed by atoms with Crippen LogP contribution in [0.1, 0.15) is 12.0 Å². The molecule has 0 amide bonds. The summed E-state index contributed by atoms with van der Waals surface area (Å²) in [5.74, 6) is 0.813. The summed E-state index contributed by atoms with van der Waals surface area (Å²) in [4.78, 5) is 5.16. The molecule has 0 unspecified atom stereocenters. The molecule has 0 radical (unpaired) electrons. The molecular formula is C27H21N3. The van der Waals surface area contributed by atoms with Crippen molar-refractivity contribution in [3.63, 3.8) is 0 Å². The molecular weight excluding hydrogens is 366 g/mol. The van der Waals surface area contributed by atoms with E-state index >= 15 is 0 Å². The first kappa shape index (κ1) is 18.1. The molecule has 2 aromatic carbocycles. The van der Waals surface area contributed by atoms with Gasteiger partial charge in [0.25, 0.3) is 0 Å². The number of fused-ring (bicyclic) bond motifs is 1. The average molecular weight is 387 g/mol. The molecule has 1 aliphatic carbocycles. The Bertz CT molecular complexity index is 1290. The molecule has 4 aromatic rings. The third-order valence-electron chi connectivity index (χ3n) is 5.16. The summed E-state index contributed by atoms with van der Waals surface area (Å²) in [7, 11) is 0. The Labute approximate surface area is 176 Å². The normalized spacial score (nSPS) is 14.0. The Balaban J connectivity index is 1.72. The minimum atomic E-state index is 0.813. The molecule has 0 saturated carbocycles. The first-order valence-corrected chi connectivity index (χ1v) is 10.1. The Kier molecular flexibility index (Phi) is 4.93. The predicted molar refractivity (Wildman–Crippen MR) is 124 cm³/mol. The molecule has 3 heteroatoms. The number of allylic oxidation sites excluding steroid dienone is 6. The van der Waals surface area contributed by atoms with E-state index < -0.39 is 0 Å². The molecule has 5 rings (SSSR count). The quantitative estimate of drug-likeness (QED) is 0.364. The Morgan fingerprint density at radius 1 is 0.800 bits per heavy atom. The standard InChI is InChI=1S/C27H21N3/c1-2-6-14-22(13-5-1)27(23-15-9-4-10-16-23)29-26-20-24(21-11-7-3-8-12-21)19-25-17-18-28-30(25)26/h1-13,15-20H,14H2. The fraction of sp³-hybridized carbons (Fsp3) is 0.0370. The van der Waals surface area contributed by atoms with Gasteiger partial charge < -0.3 is 0 Å². The van der Waals surface area contributed by atoms with Gasteiger partial charge in [0.1, 0.15) is 0 Å². The molecule has 2 heterocycles. The van der Waals surface area contributed by atoms with Crippen LogP contribution in [0.3, 0.4) is 0 Å². The highest BCUT2D eigenvalue weighted by atomic mass is 15.3. The van der Waals surface area contributed by atoms with Gasteiger partial charge in [0.05, 0.1) is 17.4 Å². The topological polar surface area (TPSA) is 29.7 Å². The maximum atomic E-state index is 5.16. The molecule has 0 saturated heterocycles. The molecule has 3 nitrogen and oxygen atoms in total. The van der Waals surface area contributed by atoms with Crippen molar-refractivity contribution >= 4 is 17.0 Å². The first-order chi connectivity index (χ1) is 14.9. The maximum Gasteiger partial charge on any atom is 0.155 e. The number of pyridine rings is 1. The molecule has 30 heavy (non-hydrogen) atoms. The second-order valence-electron chi connectivity index (χ2n) is 7.17. The fourth-order valence-corrected chi connectivity index (χ4v) is 3.68. The molecule has 0 N–H and O–H groups in total. The van der Waals surface area contributed by atoms with E-state index in [1.807, 2.05) is 28.9 Å². The molecule has 144 valence electrons. The van der Waals surface area contributed by atoms with E-state index in [0.717, 1.165) is 34.6 Å². The second kappa shape index (κ2) is 8.18. The van der Waals surface area contributed by atoms with Crippen molar-refractivity contribution < 1.29 is 0 Å². The number of nitrogens with zero attached hydrogens (tertiary/aromatic N) is 3. The van der Waals surface area contributed by atoms with Gasteiger partial charge in [0.15, 0.2) is 5.82 Å². The summed E-state index contributed by atoms with van der Waals surface area (Å²) in [5.41, 5.74) is 6.56. The number of hydrogen-bond donors (Lipinski definition) is 0. The van der Waals surface area contributed by atoms with Crippen molar-refractivity contribution in [1.29, 1.82) is 0 Å². The van der Waals surface area contributed by atoms with E-state index in [2.05, 4.69) is 96.1 Å². The summed E-state index contributed by atoms with van der Waals surface area (Å²) < 4.78 is 1.90. The molecule has 0 fully saturated rings. The van der Waals surface area contributed by atoms with Crippen LogP contribution in [-0.4, -0.2) is 15.3 Å². The lowest BCUT2D eigenvalue weighted by atomic mass is 9.99. The summed E-state index contributed by atoms with van der Waals surface area (Å²) in [6.07, 6.45) is 13.2. The van der Waals surface area contributed by atoms with Gasteiger partial charge in [-0.25, -0.2) is 9.51 Å². The third kappa shape index (κ3) is 3.65. The summed E-state index contributed by atoms with van der Waals surface area (Å²) in [5, 5.41) is 4.53. The van der Waals surface area contributed by atoms with E-state index in [1.165, 1.54) is 11.1 Å². The highest BCUT2D eigenvalue weighted by Crippen LogP contribution is 2.28. The summed E-state index contributed by atoms with van der Waals surface area (Å²) in [6, 6.07) is 27.0. The Morgan fingerprint density at radius 3 is 2.43 bits per heavy atom. The second-order valence-corrected chi connectivity index (χ2v) is 7.17. The Hall–Kier alpha value is -3.98. The van der Waals surface area contributed by atoms with Gasteiger partial charge in [0, 0.05) is 5.56 Å². The van der Waals surface area contributed by atoms with Gasteiger partial charge in [-0.3, -0.25) is 0 Å². The lowest BCUT2D eigenvalue weighted by molar-refractivity contribution is 0.957.